The number of amides is 1. The minimum atomic E-state index is -0.316. The third-order valence-electron chi connectivity index (χ3n) is 5.69. The molecule has 0 aliphatic carbocycles. The smallest absolute Gasteiger partial charge is 0.410 e. The molecule has 0 saturated carbocycles. The summed E-state index contributed by atoms with van der Waals surface area (Å²) in [5.74, 6) is 1.56. The van der Waals surface area contributed by atoms with E-state index in [1.165, 1.54) is 11.8 Å². The van der Waals surface area contributed by atoms with Gasteiger partial charge in [-0.3, -0.25) is 4.90 Å². The summed E-state index contributed by atoms with van der Waals surface area (Å²) in [5.41, 5.74) is 9.50. The van der Waals surface area contributed by atoms with Crippen LogP contribution in [0.25, 0.3) is 10.9 Å². The van der Waals surface area contributed by atoms with Crippen molar-refractivity contribution in [1.82, 2.24) is 15.2 Å². The summed E-state index contributed by atoms with van der Waals surface area (Å²) in [7, 11) is 0. The number of carbonyl (C=O) groups is 1. The second-order valence-corrected chi connectivity index (χ2v) is 9.14. The molecule has 3 aromatic rings. The SMILES string of the molecule is CCOC(=O)N1CCc2c([nH]c3ccc(Cl)cc23)C1c1ccc(OCCNCS/C=C\N)cc1. The summed E-state index contributed by atoms with van der Waals surface area (Å²) in [5, 5.41) is 6.91. The molecule has 0 saturated heterocycles. The zero-order chi connectivity index (χ0) is 23.9. The fourth-order valence-corrected chi connectivity index (χ4v) is 4.87. The van der Waals surface area contributed by atoms with Gasteiger partial charge in [-0.25, -0.2) is 4.79 Å². The van der Waals surface area contributed by atoms with Crippen LogP contribution in [0, 0.1) is 0 Å². The molecule has 2 heterocycles. The van der Waals surface area contributed by atoms with Gasteiger partial charge in [0, 0.05) is 46.8 Å². The zero-order valence-corrected chi connectivity index (χ0v) is 20.6. The molecule has 180 valence electrons. The van der Waals surface area contributed by atoms with E-state index in [1.54, 1.807) is 16.7 Å². The van der Waals surface area contributed by atoms with Gasteiger partial charge in [-0.1, -0.05) is 23.7 Å². The van der Waals surface area contributed by atoms with Gasteiger partial charge in [-0.15, -0.1) is 11.8 Å². The van der Waals surface area contributed by atoms with E-state index in [0.29, 0.717) is 24.8 Å². The number of H-pyrrole nitrogens is 1. The van der Waals surface area contributed by atoms with Crippen molar-refractivity contribution in [3.05, 3.63) is 75.9 Å². The number of hydrogen-bond donors (Lipinski definition) is 3. The van der Waals surface area contributed by atoms with Crippen molar-refractivity contribution >= 4 is 40.4 Å². The van der Waals surface area contributed by atoms with E-state index in [-0.39, 0.29) is 12.1 Å². The highest BCUT2D eigenvalue weighted by atomic mass is 35.5. The number of carbonyl (C=O) groups excluding carboxylic acids is 1. The van der Waals surface area contributed by atoms with E-state index in [1.807, 2.05) is 54.8 Å². The average Bonchev–Trinajstić information content (AvgIpc) is 3.21. The van der Waals surface area contributed by atoms with Crippen molar-refractivity contribution in [1.29, 1.82) is 0 Å². The Morgan fingerprint density at radius 2 is 2.15 bits per heavy atom. The number of aromatic nitrogens is 1. The van der Waals surface area contributed by atoms with E-state index >= 15 is 0 Å². The normalized spacial score (nSPS) is 15.6. The number of fused-ring (bicyclic) bond motifs is 3. The number of ether oxygens (including phenoxy) is 2. The van der Waals surface area contributed by atoms with Crippen LogP contribution in [0.15, 0.2) is 54.1 Å². The number of rotatable bonds is 9. The minimum Gasteiger partial charge on any atom is -0.492 e. The molecule has 1 aliphatic heterocycles. The van der Waals surface area contributed by atoms with E-state index < -0.39 is 0 Å². The summed E-state index contributed by atoms with van der Waals surface area (Å²) < 4.78 is 11.2. The Balaban J connectivity index is 1.54. The lowest BCUT2D eigenvalue weighted by Gasteiger charge is -2.35. The topological polar surface area (TPSA) is 92.6 Å². The average molecular weight is 501 g/mol. The van der Waals surface area contributed by atoms with Gasteiger partial charge in [0.15, 0.2) is 0 Å². The van der Waals surface area contributed by atoms with Gasteiger partial charge in [0.25, 0.3) is 0 Å². The maximum absolute atomic E-state index is 12.8. The lowest BCUT2D eigenvalue weighted by atomic mass is 9.92. The highest BCUT2D eigenvalue weighted by Crippen LogP contribution is 2.39. The van der Waals surface area contributed by atoms with Crippen LogP contribution >= 0.6 is 23.4 Å². The van der Waals surface area contributed by atoms with Gasteiger partial charge < -0.3 is 25.5 Å². The van der Waals surface area contributed by atoms with Crippen molar-refractivity contribution in [3.8, 4) is 5.75 Å². The number of nitrogens with one attached hydrogen (secondary N) is 2. The fraction of sp³-hybridized carbons (Fsp3) is 0.320. The number of nitrogens with zero attached hydrogens (tertiary/aromatic N) is 1. The van der Waals surface area contributed by atoms with Gasteiger partial charge in [0.1, 0.15) is 18.4 Å². The summed E-state index contributed by atoms with van der Waals surface area (Å²) >= 11 is 7.86. The molecule has 0 radical (unpaired) electrons. The first-order valence-electron chi connectivity index (χ1n) is 11.3. The third-order valence-corrected chi connectivity index (χ3v) is 6.65. The van der Waals surface area contributed by atoms with Gasteiger partial charge in [0.05, 0.1) is 6.61 Å². The van der Waals surface area contributed by atoms with E-state index in [9.17, 15) is 4.79 Å². The number of halogens is 1. The molecule has 9 heteroatoms. The van der Waals surface area contributed by atoms with E-state index in [4.69, 9.17) is 26.8 Å². The zero-order valence-electron chi connectivity index (χ0n) is 19.1. The first-order valence-corrected chi connectivity index (χ1v) is 12.7. The number of nitrogens with two attached hydrogens (primary N) is 1. The molecule has 0 spiro atoms. The second kappa shape index (κ2) is 11.6. The first kappa shape index (κ1) is 24.3. The largest absolute Gasteiger partial charge is 0.492 e. The summed E-state index contributed by atoms with van der Waals surface area (Å²) in [4.78, 5) is 18.1. The molecule has 34 heavy (non-hydrogen) atoms. The molecular weight excluding hydrogens is 472 g/mol. The van der Waals surface area contributed by atoms with Crippen LogP contribution in [0.3, 0.4) is 0 Å². The summed E-state index contributed by atoms with van der Waals surface area (Å²) in [6.45, 7) is 4.00. The molecule has 1 aliphatic rings. The number of hydrogen-bond acceptors (Lipinski definition) is 6. The maximum atomic E-state index is 12.8. The Labute approximate surface area is 208 Å². The Morgan fingerprint density at radius 3 is 2.91 bits per heavy atom. The number of thioether (sulfide) groups is 1. The van der Waals surface area contributed by atoms with Crippen LogP contribution in [0.1, 0.15) is 29.8 Å². The van der Waals surface area contributed by atoms with E-state index in [0.717, 1.165) is 46.8 Å². The molecule has 1 unspecified atom stereocenters. The van der Waals surface area contributed by atoms with Crippen LogP contribution in [0.2, 0.25) is 5.02 Å². The lowest BCUT2D eigenvalue weighted by Crippen LogP contribution is -2.40. The van der Waals surface area contributed by atoms with Gasteiger partial charge in [-0.2, -0.15) is 0 Å². The second-order valence-electron chi connectivity index (χ2n) is 7.81. The fourth-order valence-electron chi connectivity index (χ4n) is 4.23. The Morgan fingerprint density at radius 1 is 1.32 bits per heavy atom. The highest BCUT2D eigenvalue weighted by molar-refractivity contribution is 8.02. The first-order chi connectivity index (χ1) is 16.6. The van der Waals surface area contributed by atoms with Crippen molar-refractivity contribution in [2.24, 2.45) is 5.73 Å². The van der Waals surface area contributed by atoms with Crippen molar-refractivity contribution < 1.29 is 14.3 Å². The number of aromatic amines is 1. The predicted octanol–water partition coefficient (Wildman–Crippen LogP) is 5.01. The molecule has 4 N–H and O–H groups in total. The van der Waals surface area contributed by atoms with Crippen LogP contribution in [-0.2, 0) is 11.2 Å². The molecule has 4 rings (SSSR count). The predicted molar refractivity (Wildman–Crippen MR) is 138 cm³/mol. The molecule has 0 fully saturated rings. The molecule has 7 nitrogen and oxygen atoms in total. The quantitative estimate of drug-likeness (QED) is 0.282. The van der Waals surface area contributed by atoms with Crippen molar-refractivity contribution in [2.45, 2.75) is 19.4 Å². The molecule has 1 atom stereocenters. The Kier molecular flexibility index (Phi) is 8.26. The molecule has 1 amide bonds. The Hall–Kier alpha value is -2.81. The summed E-state index contributed by atoms with van der Waals surface area (Å²) in [6, 6.07) is 13.5. The molecule has 1 aromatic heterocycles. The minimum absolute atomic E-state index is 0.280. The van der Waals surface area contributed by atoms with Crippen LogP contribution in [0.4, 0.5) is 4.79 Å². The maximum Gasteiger partial charge on any atom is 0.410 e. The molecular formula is C25H29ClN4O3S. The van der Waals surface area contributed by atoms with Crippen molar-refractivity contribution in [2.75, 3.05) is 32.2 Å². The Bertz CT molecular complexity index is 1150. The van der Waals surface area contributed by atoms with E-state index in [2.05, 4.69) is 10.3 Å². The van der Waals surface area contributed by atoms with Crippen LogP contribution < -0.4 is 15.8 Å². The summed E-state index contributed by atoms with van der Waals surface area (Å²) in [6.07, 6.45) is 1.94. The standard InChI is InChI=1S/C25H29ClN4O3S/c1-2-32-25(31)30-12-9-20-21-15-18(26)5-8-22(21)29-23(20)24(30)17-3-6-19(7-4-17)33-13-11-28-16-34-14-10-27/h3-8,10,14-15,24,28-29H,2,9,11-13,16,27H2,1H3/b14-10-. The number of benzene rings is 2. The lowest BCUT2D eigenvalue weighted by molar-refractivity contribution is 0.0932. The highest BCUT2D eigenvalue weighted by Gasteiger charge is 2.35. The van der Waals surface area contributed by atoms with Gasteiger partial charge in [0.2, 0.25) is 0 Å². The van der Waals surface area contributed by atoms with Gasteiger partial charge >= 0.3 is 6.09 Å². The molecule has 2 aromatic carbocycles. The molecule has 0 bridgehead atoms. The third kappa shape index (κ3) is 5.46. The monoisotopic (exact) mass is 500 g/mol. The van der Waals surface area contributed by atoms with Crippen LogP contribution in [0.5, 0.6) is 5.75 Å². The van der Waals surface area contributed by atoms with Crippen LogP contribution in [-0.4, -0.2) is 48.2 Å². The van der Waals surface area contributed by atoms with Crippen molar-refractivity contribution in [3.63, 3.8) is 0 Å². The van der Waals surface area contributed by atoms with Gasteiger partial charge in [-0.05, 0) is 60.2 Å².